The molecule has 0 unspecified atom stereocenters. The molecule has 0 saturated carbocycles. The molecule has 0 aliphatic heterocycles. The maximum atomic E-state index is 12.2. The van der Waals surface area contributed by atoms with Crippen LogP contribution in [0.15, 0.2) is 36.5 Å². The normalized spacial score (nSPS) is 10.5. The quantitative estimate of drug-likeness (QED) is 0.596. The Kier molecular flexibility index (Phi) is 8.39. The van der Waals surface area contributed by atoms with E-state index in [1.165, 1.54) is 0 Å². The number of carbonyl (C=O) groups excluding carboxylic acids is 1. The molecule has 28 heavy (non-hydrogen) atoms. The highest BCUT2D eigenvalue weighted by atomic mass is 16.5. The Morgan fingerprint density at radius 2 is 1.93 bits per heavy atom. The number of aromatic nitrogens is 1. The number of anilines is 1. The Hall–Kier alpha value is -2.96. The minimum absolute atomic E-state index is 0.313. The van der Waals surface area contributed by atoms with Gasteiger partial charge in [-0.25, -0.2) is 9.78 Å². The summed E-state index contributed by atoms with van der Waals surface area (Å²) in [5.41, 5.74) is 1.50. The van der Waals surface area contributed by atoms with Crippen molar-refractivity contribution in [1.29, 1.82) is 0 Å². The third-order valence-corrected chi connectivity index (χ3v) is 4.06. The van der Waals surface area contributed by atoms with Crippen molar-refractivity contribution >= 4 is 11.7 Å². The van der Waals surface area contributed by atoms with E-state index < -0.39 is 0 Å². The van der Waals surface area contributed by atoms with Crippen LogP contribution < -0.4 is 24.8 Å². The molecule has 2 N–H and O–H groups in total. The molecule has 0 fully saturated rings. The lowest BCUT2D eigenvalue weighted by Crippen LogP contribution is -2.28. The molecule has 7 nitrogen and oxygen atoms in total. The predicted octanol–water partition coefficient (Wildman–Crippen LogP) is 4.24. The fraction of sp³-hybridized carbons (Fsp3) is 0.429. The number of pyridine rings is 1. The third kappa shape index (κ3) is 6.98. The van der Waals surface area contributed by atoms with E-state index in [1.54, 1.807) is 44.7 Å². The van der Waals surface area contributed by atoms with Crippen molar-refractivity contribution in [3.05, 3.63) is 42.1 Å². The van der Waals surface area contributed by atoms with Crippen LogP contribution in [0.4, 0.5) is 10.5 Å². The molecule has 0 aliphatic carbocycles. The second kappa shape index (κ2) is 11.0. The first kappa shape index (κ1) is 21.3. The van der Waals surface area contributed by atoms with Gasteiger partial charge >= 0.3 is 6.03 Å². The number of ether oxygens (including phenoxy) is 3. The van der Waals surface area contributed by atoms with Crippen LogP contribution in [0.25, 0.3) is 0 Å². The molecule has 0 spiro atoms. The van der Waals surface area contributed by atoms with Crippen LogP contribution in [-0.4, -0.2) is 31.8 Å². The lowest BCUT2D eigenvalue weighted by Gasteiger charge is -2.14. The SMILES string of the molecule is COc1ccc(CNC(=O)Nc2ccc(OC)c(OCCCC(C)C)c2)cn1. The molecule has 1 heterocycles. The predicted molar refractivity (Wildman–Crippen MR) is 109 cm³/mol. The number of amides is 2. The van der Waals surface area contributed by atoms with Gasteiger partial charge in [-0.2, -0.15) is 0 Å². The highest BCUT2D eigenvalue weighted by molar-refractivity contribution is 5.89. The monoisotopic (exact) mass is 387 g/mol. The summed E-state index contributed by atoms with van der Waals surface area (Å²) in [5.74, 6) is 2.43. The zero-order valence-corrected chi connectivity index (χ0v) is 17.0. The van der Waals surface area contributed by atoms with Gasteiger partial charge in [0, 0.05) is 30.6 Å². The van der Waals surface area contributed by atoms with Gasteiger partial charge in [0.2, 0.25) is 5.88 Å². The van der Waals surface area contributed by atoms with Crippen molar-refractivity contribution in [2.24, 2.45) is 5.92 Å². The summed E-state index contributed by atoms with van der Waals surface area (Å²) >= 11 is 0. The summed E-state index contributed by atoms with van der Waals surface area (Å²) in [6.45, 7) is 5.34. The number of nitrogens with one attached hydrogen (secondary N) is 2. The van der Waals surface area contributed by atoms with Crippen LogP contribution in [0.3, 0.4) is 0 Å². The summed E-state index contributed by atoms with van der Waals surface area (Å²) in [4.78, 5) is 16.3. The van der Waals surface area contributed by atoms with E-state index in [2.05, 4.69) is 29.5 Å². The smallest absolute Gasteiger partial charge is 0.319 e. The molecule has 1 aromatic heterocycles. The Morgan fingerprint density at radius 3 is 2.57 bits per heavy atom. The minimum atomic E-state index is -0.313. The van der Waals surface area contributed by atoms with Crippen LogP contribution in [-0.2, 0) is 6.54 Å². The molecule has 7 heteroatoms. The van der Waals surface area contributed by atoms with E-state index in [0.717, 1.165) is 18.4 Å². The van der Waals surface area contributed by atoms with E-state index in [0.29, 0.717) is 42.1 Å². The number of nitrogens with zero attached hydrogens (tertiary/aromatic N) is 1. The second-order valence-corrected chi connectivity index (χ2v) is 6.77. The van der Waals surface area contributed by atoms with Crippen molar-refractivity contribution in [3.8, 4) is 17.4 Å². The van der Waals surface area contributed by atoms with Gasteiger partial charge in [-0.1, -0.05) is 19.9 Å². The summed E-state index contributed by atoms with van der Waals surface area (Å²) in [6, 6.07) is 8.61. The van der Waals surface area contributed by atoms with E-state index in [1.807, 2.05) is 6.07 Å². The molecular formula is C21H29N3O4. The number of hydrogen-bond donors (Lipinski definition) is 2. The zero-order valence-electron chi connectivity index (χ0n) is 17.0. The Balaban J connectivity index is 1.88. The zero-order chi connectivity index (χ0) is 20.4. The molecule has 2 aromatic rings. The van der Waals surface area contributed by atoms with Crippen molar-refractivity contribution < 1.29 is 19.0 Å². The lowest BCUT2D eigenvalue weighted by atomic mass is 10.1. The molecule has 0 radical (unpaired) electrons. The molecule has 2 amide bonds. The number of benzene rings is 1. The molecule has 0 aliphatic rings. The highest BCUT2D eigenvalue weighted by Crippen LogP contribution is 2.30. The van der Waals surface area contributed by atoms with E-state index in [9.17, 15) is 4.79 Å². The maximum absolute atomic E-state index is 12.2. The van der Waals surface area contributed by atoms with E-state index in [-0.39, 0.29) is 6.03 Å². The lowest BCUT2D eigenvalue weighted by molar-refractivity contribution is 0.251. The number of methoxy groups -OCH3 is 2. The largest absolute Gasteiger partial charge is 0.493 e. The van der Waals surface area contributed by atoms with Crippen molar-refractivity contribution in [1.82, 2.24) is 10.3 Å². The Labute approximate surface area is 166 Å². The summed E-state index contributed by atoms with van der Waals surface area (Å²) in [6.07, 6.45) is 3.73. The van der Waals surface area contributed by atoms with Crippen LogP contribution in [0.1, 0.15) is 32.3 Å². The standard InChI is InChI=1S/C21H29N3O4/c1-15(2)6-5-11-28-19-12-17(8-9-18(19)26-3)24-21(25)23-14-16-7-10-20(27-4)22-13-16/h7-10,12-13,15H,5-6,11,14H2,1-4H3,(H2,23,24,25). The highest BCUT2D eigenvalue weighted by Gasteiger charge is 2.09. The average molecular weight is 387 g/mol. The van der Waals surface area contributed by atoms with Crippen molar-refractivity contribution in [3.63, 3.8) is 0 Å². The van der Waals surface area contributed by atoms with Crippen molar-refractivity contribution in [2.75, 3.05) is 26.1 Å². The second-order valence-electron chi connectivity index (χ2n) is 6.77. The molecule has 1 aromatic carbocycles. The molecule has 0 atom stereocenters. The number of urea groups is 1. The van der Waals surface area contributed by atoms with Gasteiger partial charge in [0.25, 0.3) is 0 Å². The van der Waals surface area contributed by atoms with E-state index in [4.69, 9.17) is 14.2 Å². The van der Waals surface area contributed by atoms with Gasteiger partial charge in [0.1, 0.15) is 0 Å². The Bertz CT molecular complexity index is 748. The van der Waals surface area contributed by atoms with E-state index >= 15 is 0 Å². The van der Waals surface area contributed by atoms with Crippen LogP contribution >= 0.6 is 0 Å². The van der Waals surface area contributed by atoms with Crippen LogP contribution in [0.2, 0.25) is 0 Å². The number of carbonyl (C=O) groups is 1. The molecule has 0 bridgehead atoms. The Morgan fingerprint density at radius 1 is 1.11 bits per heavy atom. The molecular weight excluding hydrogens is 358 g/mol. The van der Waals surface area contributed by atoms with Gasteiger partial charge in [0.15, 0.2) is 11.5 Å². The topological polar surface area (TPSA) is 81.7 Å². The third-order valence-electron chi connectivity index (χ3n) is 4.06. The fourth-order valence-electron chi connectivity index (χ4n) is 2.53. The van der Waals surface area contributed by atoms with Crippen LogP contribution in [0, 0.1) is 5.92 Å². The average Bonchev–Trinajstić information content (AvgIpc) is 2.70. The summed E-state index contributed by atoms with van der Waals surface area (Å²) < 4.78 is 16.2. The first-order chi connectivity index (χ1) is 13.5. The molecule has 152 valence electrons. The number of rotatable bonds is 10. The first-order valence-electron chi connectivity index (χ1n) is 9.36. The number of hydrogen-bond acceptors (Lipinski definition) is 5. The van der Waals surface area contributed by atoms with Gasteiger partial charge in [-0.3, -0.25) is 0 Å². The summed E-state index contributed by atoms with van der Waals surface area (Å²) in [5, 5.41) is 5.60. The van der Waals surface area contributed by atoms with Crippen LogP contribution in [0.5, 0.6) is 17.4 Å². The maximum Gasteiger partial charge on any atom is 0.319 e. The summed E-state index contributed by atoms with van der Waals surface area (Å²) in [7, 11) is 3.16. The minimum Gasteiger partial charge on any atom is -0.493 e. The first-order valence-corrected chi connectivity index (χ1v) is 9.36. The van der Waals surface area contributed by atoms with Crippen molar-refractivity contribution in [2.45, 2.75) is 33.2 Å². The molecule has 0 saturated heterocycles. The van der Waals surface area contributed by atoms with Gasteiger partial charge in [0.05, 0.1) is 20.8 Å². The fourth-order valence-corrected chi connectivity index (χ4v) is 2.53. The van der Waals surface area contributed by atoms with Gasteiger partial charge in [-0.15, -0.1) is 0 Å². The molecule has 2 rings (SSSR count). The van der Waals surface area contributed by atoms with Gasteiger partial charge in [-0.05, 0) is 36.5 Å². The van der Waals surface area contributed by atoms with Gasteiger partial charge < -0.3 is 24.8 Å².